The summed E-state index contributed by atoms with van der Waals surface area (Å²) < 4.78 is 34.4. The van der Waals surface area contributed by atoms with Crippen LogP contribution in [0.5, 0.6) is 0 Å². The number of carbonyl (C=O) groups excluding carboxylic acids is 2. The summed E-state index contributed by atoms with van der Waals surface area (Å²) in [6.07, 6.45) is 99.4. The first kappa shape index (κ1) is 87.9. The van der Waals surface area contributed by atoms with Gasteiger partial charge in [-0.1, -0.05) is 361 Å². The molecule has 0 rings (SSSR count). The number of ether oxygens (including phenoxy) is 2. The third kappa shape index (κ3) is 75.8. The van der Waals surface area contributed by atoms with E-state index >= 15 is 0 Å². The highest BCUT2D eigenvalue weighted by atomic mass is 31.2. The molecular formula is C81H146NO8P. The van der Waals surface area contributed by atoms with Gasteiger partial charge in [0.25, 0.3) is 7.82 Å². The Labute approximate surface area is 564 Å². The molecule has 9 nitrogen and oxygen atoms in total. The summed E-state index contributed by atoms with van der Waals surface area (Å²) in [4.78, 5) is 38.1. The molecule has 0 spiro atoms. The average molecular weight is 1290 g/mol. The summed E-state index contributed by atoms with van der Waals surface area (Å²) in [5.41, 5.74) is 0. The molecule has 0 radical (unpaired) electrons. The number of phosphoric ester groups is 1. The first-order valence-electron chi connectivity index (χ1n) is 38.4. The summed E-state index contributed by atoms with van der Waals surface area (Å²) in [7, 11) is 1.17. The van der Waals surface area contributed by atoms with Crippen LogP contribution in [0.4, 0.5) is 0 Å². The van der Waals surface area contributed by atoms with Crippen LogP contribution in [0.2, 0.25) is 0 Å². The van der Waals surface area contributed by atoms with E-state index in [1.807, 2.05) is 21.1 Å². The van der Waals surface area contributed by atoms with Crippen LogP contribution in [0.25, 0.3) is 0 Å². The predicted molar refractivity (Wildman–Crippen MR) is 392 cm³/mol. The maximum Gasteiger partial charge on any atom is 0.306 e. The normalized spacial score (nSPS) is 13.6. The number of nitrogens with zero attached hydrogens (tertiary/aromatic N) is 1. The van der Waals surface area contributed by atoms with E-state index in [1.165, 1.54) is 225 Å². The van der Waals surface area contributed by atoms with Crippen LogP contribution in [0, 0.1) is 0 Å². The van der Waals surface area contributed by atoms with Crippen LogP contribution < -0.4 is 4.89 Å². The first-order valence-corrected chi connectivity index (χ1v) is 39.9. The second-order valence-electron chi connectivity index (χ2n) is 27.0. The number of hydrogen-bond acceptors (Lipinski definition) is 8. The number of unbranched alkanes of at least 4 members (excludes halogenated alkanes) is 41. The van der Waals surface area contributed by atoms with Crippen molar-refractivity contribution in [2.45, 2.75) is 360 Å². The Bertz CT molecular complexity index is 1860. The molecule has 0 aromatic heterocycles. The van der Waals surface area contributed by atoms with Crippen molar-refractivity contribution in [3.63, 3.8) is 0 Å². The molecule has 0 saturated carbocycles. The number of likely N-dealkylation sites (N-methyl/N-ethyl adjacent to an activating group) is 1. The van der Waals surface area contributed by atoms with Crippen LogP contribution in [-0.4, -0.2) is 70.0 Å². The van der Waals surface area contributed by atoms with Gasteiger partial charge >= 0.3 is 11.9 Å². The van der Waals surface area contributed by atoms with Crippen molar-refractivity contribution in [3.8, 4) is 0 Å². The predicted octanol–water partition coefficient (Wildman–Crippen LogP) is 24.8. The van der Waals surface area contributed by atoms with Crippen molar-refractivity contribution in [3.05, 3.63) is 97.2 Å². The lowest BCUT2D eigenvalue weighted by molar-refractivity contribution is -0.870. The first-order chi connectivity index (χ1) is 44.5. The standard InChI is InChI=1S/C81H146NO8P/c1-6-8-10-12-14-16-18-20-22-24-26-28-30-32-34-36-38-40-41-42-44-46-48-50-52-54-56-58-60-62-64-66-68-70-72-74-81(84)90-79(78-89-91(85,86)88-76-75-82(3,4)5)77-87-80(83)73-71-69-67-65-63-61-59-57-55-53-51-49-47-45-43-39-37-35-33-31-29-27-25-23-21-19-17-15-13-11-9-7-2/h8,10,14,16,20,22,26,28,32,34,38,40,42,44,48,50,79H,6-7,9,11-13,15,17-19,21,23-25,27,29-31,33,35-37,39,41,43,45-47,49,51-78H2,1-5H3/b10-8-,16-14-,22-20-,28-26-,34-32-,40-38-,44-42-,50-48-. The van der Waals surface area contributed by atoms with Gasteiger partial charge in [0.1, 0.15) is 19.8 Å². The van der Waals surface area contributed by atoms with Gasteiger partial charge in [0, 0.05) is 12.8 Å². The van der Waals surface area contributed by atoms with E-state index in [0.29, 0.717) is 17.4 Å². The van der Waals surface area contributed by atoms with Gasteiger partial charge in [0.2, 0.25) is 0 Å². The second kappa shape index (κ2) is 71.2. The summed E-state index contributed by atoms with van der Waals surface area (Å²) in [5, 5.41) is 0. The van der Waals surface area contributed by atoms with Crippen molar-refractivity contribution in [2.24, 2.45) is 0 Å². The lowest BCUT2D eigenvalue weighted by Crippen LogP contribution is -2.37. The summed E-state index contributed by atoms with van der Waals surface area (Å²) in [6.45, 7) is 4.17. The van der Waals surface area contributed by atoms with Crippen molar-refractivity contribution in [2.75, 3.05) is 47.5 Å². The SMILES string of the molecule is CC/C=C\C/C=C\C/C=C\C/C=C\C/C=C\C/C=C\C/C=C\C/C=C\CCCCCCCCCCCCC(=O)OC(COC(=O)CCCCCCCCCCCCCCCCCCCCCCCCCCCCCCCCCC)COP(=O)([O-])OCC[N+](C)(C)C. The minimum Gasteiger partial charge on any atom is -0.756 e. The number of allylic oxidation sites excluding steroid dienone is 16. The number of esters is 2. The Morgan fingerprint density at radius 2 is 0.626 bits per heavy atom. The zero-order valence-corrected chi connectivity index (χ0v) is 61.2. The number of phosphoric acid groups is 1. The lowest BCUT2D eigenvalue weighted by atomic mass is 10.0. The zero-order chi connectivity index (χ0) is 66.2. The molecule has 0 saturated heterocycles. The van der Waals surface area contributed by atoms with Gasteiger partial charge < -0.3 is 27.9 Å². The van der Waals surface area contributed by atoms with E-state index < -0.39 is 26.5 Å². The molecule has 0 aliphatic rings. The van der Waals surface area contributed by atoms with Crippen LogP contribution in [0.15, 0.2) is 97.2 Å². The van der Waals surface area contributed by atoms with Crippen molar-refractivity contribution in [1.29, 1.82) is 0 Å². The van der Waals surface area contributed by atoms with Gasteiger partial charge in [-0.2, -0.15) is 0 Å². The van der Waals surface area contributed by atoms with Gasteiger partial charge in [-0.05, 0) is 77.0 Å². The fourth-order valence-corrected chi connectivity index (χ4v) is 11.8. The monoisotopic (exact) mass is 1290 g/mol. The third-order valence-corrected chi connectivity index (χ3v) is 17.8. The number of rotatable bonds is 71. The van der Waals surface area contributed by atoms with E-state index in [0.717, 1.165) is 96.3 Å². The maximum absolute atomic E-state index is 12.9. The van der Waals surface area contributed by atoms with E-state index in [-0.39, 0.29) is 32.0 Å². The summed E-state index contributed by atoms with van der Waals surface area (Å²) in [6, 6.07) is 0. The minimum absolute atomic E-state index is 0.0337. The molecule has 0 aliphatic carbocycles. The molecule has 10 heteroatoms. The minimum atomic E-state index is -4.65. The topological polar surface area (TPSA) is 111 Å². The smallest absolute Gasteiger partial charge is 0.306 e. The molecule has 0 amide bonds. The van der Waals surface area contributed by atoms with E-state index in [2.05, 4.69) is 111 Å². The molecule has 0 aromatic carbocycles. The summed E-state index contributed by atoms with van der Waals surface area (Å²) >= 11 is 0. The quantitative estimate of drug-likeness (QED) is 0.0195. The molecule has 528 valence electrons. The Morgan fingerprint density at radius 1 is 0.352 bits per heavy atom. The number of hydrogen-bond donors (Lipinski definition) is 0. The molecule has 2 unspecified atom stereocenters. The number of carbonyl (C=O) groups is 2. The van der Waals surface area contributed by atoms with Gasteiger partial charge in [0.15, 0.2) is 6.10 Å². The fourth-order valence-electron chi connectivity index (χ4n) is 11.0. The maximum atomic E-state index is 12.9. The Kier molecular flexibility index (Phi) is 68.8. The highest BCUT2D eigenvalue weighted by molar-refractivity contribution is 7.45. The Morgan fingerprint density at radius 3 is 0.934 bits per heavy atom. The van der Waals surface area contributed by atoms with Gasteiger partial charge in [0.05, 0.1) is 27.7 Å². The van der Waals surface area contributed by atoms with Crippen LogP contribution >= 0.6 is 7.82 Å². The largest absolute Gasteiger partial charge is 0.756 e. The second-order valence-corrected chi connectivity index (χ2v) is 28.4. The molecule has 0 aromatic rings. The van der Waals surface area contributed by atoms with Crippen molar-refractivity contribution in [1.82, 2.24) is 0 Å². The molecule has 0 heterocycles. The number of quaternary nitrogens is 1. The molecule has 2 atom stereocenters. The third-order valence-electron chi connectivity index (χ3n) is 16.9. The average Bonchev–Trinajstić information content (AvgIpc) is 3.73. The molecular weight excluding hydrogens is 1150 g/mol. The Balaban J connectivity index is 4.01. The highest BCUT2D eigenvalue weighted by Crippen LogP contribution is 2.38. The Hall–Kier alpha value is -3.07. The molecule has 91 heavy (non-hydrogen) atoms. The van der Waals surface area contributed by atoms with E-state index in [4.69, 9.17) is 18.5 Å². The van der Waals surface area contributed by atoms with Gasteiger partial charge in [-0.3, -0.25) is 14.2 Å². The van der Waals surface area contributed by atoms with Crippen LogP contribution in [0.3, 0.4) is 0 Å². The molecule has 0 fully saturated rings. The van der Waals surface area contributed by atoms with Crippen molar-refractivity contribution < 1.29 is 42.1 Å². The molecule has 0 aliphatic heterocycles. The van der Waals surface area contributed by atoms with Crippen molar-refractivity contribution >= 4 is 19.8 Å². The lowest BCUT2D eigenvalue weighted by Gasteiger charge is -2.28. The fraction of sp³-hybridized carbons (Fsp3) is 0.778. The van der Waals surface area contributed by atoms with Gasteiger partial charge in [-0.25, -0.2) is 0 Å². The molecule has 0 bridgehead atoms. The van der Waals surface area contributed by atoms with Gasteiger partial charge in [-0.15, -0.1) is 0 Å². The van der Waals surface area contributed by atoms with E-state index in [9.17, 15) is 19.0 Å². The zero-order valence-electron chi connectivity index (χ0n) is 60.3. The molecule has 0 N–H and O–H groups in total. The highest BCUT2D eigenvalue weighted by Gasteiger charge is 2.22. The van der Waals surface area contributed by atoms with E-state index in [1.54, 1.807) is 0 Å². The van der Waals surface area contributed by atoms with Crippen LogP contribution in [-0.2, 0) is 32.7 Å². The van der Waals surface area contributed by atoms with Crippen LogP contribution in [0.1, 0.15) is 354 Å². The summed E-state index contributed by atoms with van der Waals surface area (Å²) in [5.74, 6) is -0.827.